The molecule has 2 amide bonds. The first-order chi connectivity index (χ1) is 25.7. The number of sulfonamides is 1. The smallest absolute Gasteiger partial charge is 0.335 e. The molecule has 2 aromatic carbocycles. The number of carbonyl (C=O) groups excluding carboxylic acids is 2. The van der Waals surface area contributed by atoms with Crippen molar-refractivity contribution in [2.75, 3.05) is 22.8 Å². The summed E-state index contributed by atoms with van der Waals surface area (Å²) in [6.45, 7) is 1.92. The molecule has 4 aromatic rings. The maximum atomic E-state index is 15.4. The van der Waals surface area contributed by atoms with Gasteiger partial charge in [-0.1, -0.05) is 22.4 Å². The highest BCUT2D eigenvalue weighted by atomic mass is 35.5. The Morgan fingerprint density at radius 2 is 1.80 bits per heavy atom. The summed E-state index contributed by atoms with van der Waals surface area (Å²) in [5.41, 5.74) is 0.477. The quantitative estimate of drug-likeness (QED) is 0.120. The molecule has 55 heavy (non-hydrogen) atoms. The van der Waals surface area contributed by atoms with Crippen LogP contribution in [0.4, 0.5) is 37.8 Å². The predicted molar refractivity (Wildman–Crippen MR) is 188 cm³/mol. The molecule has 0 bridgehead atoms. The lowest BCUT2D eigenvalue weighted by atomic mass is 9.93. The number of hydrogen-bond donors (Lipinski definition) is 3. The zero-order chi connectivity index (χ0) is 39.9. The van der Waals surface area contributed by atoms with E-state index in [1.54, 1.807) is 13.0 Å². The number of nitrogens with zero attached hydrogens (tertiary/aromatic N) is 5. The normalized spacial score (nSPS) is 20.4. The van der Waals surface area contributed by atoms with Gasteiger partial charge in [-0.3, -0.25) is 24.0 Å². The van der Waals surface area contributed by atoms with Crippen LogP contribution in [0.3, 0.4) is 0 Å². The lowest BCUT2D eigenvalue weighted by Gasteiger charge is -2.23. The van der Waals surface area contributed by atoms with Crippen LogP contribution in [-0.4, -0.2) is 70.9 Å². The number of carbonyl (C=O) groups is 2. The summed E-state index contributed by atoms with van der Waals surface area (Å²) in [5, 5.41) is 13.8. The minimum atomic E-state index is -3.84. The molecule has 0 spiro atoms. The fourth-order valence-electron chi connectivity index (χ4n) is 7.56. The number of hydrogen-bond acceptors (Lipinski definition) is 7. The molecule has 12 nitrogen and oxygen atoms in total. The van der Waals surface area contributed by atoms with Crippen molar-refractivity contribution in [2.24, 2.45) is 24.0 Å². The minimum Gasteiger partial charge on any atom is -0.342 e. The number of halogens is 7. The van der Waals surface area contributed by atoms with Crippen LogP contribution in [0.5, 0.6) is 0 Å². The van der Waals surface area contributed by atoms with Crippen molar-refractivity contribution in [1.82, 2.24) is 20.1 Å². The van der Waals surface area contributed by atoms with Crippen LogP contribution >= 0.6 is 11.6 Å². The van der Waals surface area contributed by atoms with Gasteiger partial charge in [0.05, 0.1) is 45.3 Å². The molecule has 3 heterocycles. The third-order valence-corrected chi connectivity index (χ3v) is 10.6. The molecule has 2 aliphatic carbocycles. The van der Waals surface area contributed by atoms with E-state index in [1.165, 1.54) is 30.8 Å². The number of allylic oxidation sites excluding steroid dienone is 1. The van der Waals surface area contributed by atoms with Crippen molar-refractivity contribution in [3.05, 3.63) is 81.3 Å². The van der Waals surface area contributed by atoms with Crippen molar-refractivity contribution in [2.45, 2.75) is 51.1 Å². The first-order valence-electron chi connectivity index (χ1n) is 16.8. The SMILES string of the molecule is CC(=O)Nc1cc(-c2ccc(Cl)c3c(NS(C)(=O)=O)nn(C)c23)c([C@H](Cc2cc(F)cc(F)c2)NC(=O)C[N+]2=NC(C(F)F)C3=C2C(F)(F)[C@@H]2C[C@H]32)nc1C. The molecule has 7 rings (SSSR count). The van der Waals surface area contributed by atoms with Crippen molar-refractivity contribution in [3.63, 3.8) is 0 Å². The lowest BCUT2D eigenvalue weighted by Crippen LogP contribution is -2.38. The fourth-order valence-corrected chi connectivity index (χ4v) is 8.30. The Balaban J connectivity index is 1.37. The van der Waals surface area contributed by atoms with E-state index in [2.05, 4.69) is 25.6 Å². The highest BCUT2D eigenvalue weighted by molar-refractivity contribution is 7.92. The number of benzene rings is 2. The van der Waals surface area contributed by atoms with E-state index in [0.717, 1.165) is 18.4 Å². The van der Waals surface area contributed by atoms with E-state index in [0.29, 0.717) is 16.3 Å². The van der Waals surface area contributed by atoms with Gasteiger partial charge in [0.2, 0.25) is 22.0 Å². The molecule has 1 unspecified atom stereocenters. The summed E-state index contributed by atoms with van der Waals surface area (Å²) in [6, 6.07) is 4.11. The Kier molecular flexibility index (Phi) is 9.46. The molecule has 1 fully saturated rings. The van der Waals surface area contributed by atoms with Gasteiger partial charge in [0, 0.05) is 42.7 Å². The van der Waals surface area contributed by atoms with E-state index in [9.17, 15) is 35.6 Å². The Bertz CT molecular complexity index is 2470. The van der Waals surface area contributed by atoms with Gasteiger partial charge in [-0.25, -0.2) is 26.0 Å². The average Bonchev–Trinajstić information content (AvgIpc) is 3.60. The standard InChI is InChI=1S/C35H31ClF6N8O4S/c1-14-24(44-15(2)51)12-20(19-5-6-23(36)28-31(19)49(3)47-34(28)48-55(4,53)54)29(43-14)25(9-16-7-17(37)10-18(38)8-16)45-26(52)13-50-32-27(30(46-50)33(39)40)21-11-22(21)35(32,41)42/h5-8,10,12,21-22,25,30,33H,9,11,13H2,1-4H3,(H2-,44,45,47,48,51,52)/p+1/t21-,22+,25-,30?/m0/s1. The Morgan fingerprint density at radius 3 is 2.44 bits per heavy atom. The van der Waals surface area contributed by atoms with Gasteiger partial charge in [0.15, 0.2) is 5.82 Å². The zero-order valence-electron chi connectivity index (χ0n) is 29.4. The van der Waals surface area contributed by atoms with Gasteiger partial charge >= 0.3 is 5.92 Å². The van der Waals surface area contributed by atoms with E-state index in [-0.39, 0.29) is 68.4 Å². The molecule has 1 aliphatic heterocycles. The van der Waals surface area contributed by atoms with E-state index in [1.807, 2.05) is 0 Å². The fraction of sp³-hybridized carbons (Fsp3) is 0.371. The molecule has 20 heteroatoms. The lowest BCUT2D eigenvalue weighted by molar-refractivity contribution is -0.548. The number of pyridine rings is 1. The second kappa shape index (κ2) is 13.6. The molecule has 1 saturated carbocycles. The zero-order valence-corrected chi connectivity index (χ0v) is 31.0. The molecule has 2 aromatic heterocycles. The number of aryl methyl sites for hydroxylation is 2. The van der Waals surface area contributed by atoms with E-state index in [4.69, 9.17) is 16.6 Å². The second-order valence-electron chi connectivity index (χ2n) is 13.8. The van der Waals surface area contributed by atoms with E-state index < -0.39 is 82.0 Å². The summed E-state index contributed by atoms with van der Waals surface area (Å²) in [5.74, 6) is -8.78. The number of rotatable bonds is 11. The van der Waals surface area contributed by atoms with Crippen LogP contribution in [0.1, 0.15) is 36.3 Å². The maximum Gasteiger partial charge on any atom is 0.335 e. The first kappa shape index (κ1) is 38.2. The molecule has 0 radical (unpaired) electrons. The van der Waals surface area contributed by atoms with Crippen molar-refractivity contribution in [3.8, 4) is 11.1 Å². The number of aromatic nitrogens is 3. The van der Waals surface area contributed by atoms with Crippen LogP contribution < -0.4 is 15.4 Å². The number of alkyl halides is 4. The summed E-state index contributed by atoms with van der Waals surface area (Å²) in [4.78, 5) is 30.8. The highest BCUT2D eigenvalue weighted by Gasteiger charge is 2.74. The topological polar surface area (TPSA) is 150 Å². The maximum absolute atomic E-state index is 15.4. The van der Waals surface area contributed by atoms with Crippen LogP contribution in [0.15, 0.2) is 52.8 Å². The number of anilines is 2. The Hall–Kier alpha value is -5.04. The van der Waals surface area contributed by atoms with Gasteiger partial charge in [-0.05, 0) is 60.6 Å². The third kappa shape index (κ3) is 7.14. The Morgan fingerprint density at radius 1 is 1.11 bits per heavy atom. The number of azo groups is 2. The molecule has 4 atom stereocenters. The van der Waals surface area contributed by atoms with Crippen molar-refractivity contribution in [1.29, 1.82) is 0 Å². The van der Waals surface area contributed by atoms with Gasteiger partial charge in [-0.2, -0.15) is 13.9 Å². The van der Waals surface area contributed by atoms with Crippen molar-refractivity contribution >= 4 is 55.8 Å². The van der Waals surface area contributed by atoms with Gasteiger partial charge in [-0.15, -0.1) is 0 Å². The molecule has 3 aliphatic rings. The largest absolute Gasteiger partial charge is 0.342 e. The van der Waals surface area contributed by atoms with E-state index >= 15 is 8.78 Å². The molecular weight excluding hydrogens is 778 g/mol. The van der Waals surface area contributed by atoms with Crippen LogP contribution in [0.25, 0.3) is 22.0 Å². The number of nitrogens with one attached hydrogen (secondary N) is 3. The summed E-state index contributed by atoms with van der Waals surface area (Å²) in [6.07, 6.45) is -2.45. The first-order valence-corrected chi connectivity index (χ1v) is 19.1. The highest BCUT2D eigenvalue weighted by Crippen LogP contribution is 2.65. The molecule has 0 saturated heterocycles. The van der Waals surface area contributed by atoms with Crippen LogP contribution in [0.2, 0.25) is 5.02 Å². The predicted octanol–water partition coefficient (Wildman–Crippen LogP) is 6.26. The molecule has 290 valence electrons. The molecular formula is C35H32ClF6N8O4S+. The number of amides is 2. The minimum absolute atomic E-state index is 0.0413. The molecule has 3 N–H and O–H groups in total. The third-order valence-electron chi connectivity index (χ3n) is 9.71. The second-order valence-corrected chi connectivity index (χ2v) is 16.0. The van der Waals surface area contributed by atoms with Crippen LogP contribution in [0, 0.1) is 30.4 Å². The average molecular weight is 810 g/mol. The van der Waals surface area contributed by atoms with Crippen molar-refractivity contribution < 1.29 is 49.0 Å². The van der Waals surface area contributed by atoms with Gasteiger partial charge in [0.1, 0.15) is 11.6 Å². The monoisotopic (exact) mass is 809 g/mol. The van der Waals surface area contributed by atoms with Gasteiger partial charge < -0.3 is 10.6 Å². The summed E-state index contributed by atoms with van der Waals surface area (Å²) < 4.78 is 116. The van der Waals surface area contributed by atoms with Gasteiger partial charge in [0.25, 0.3) is 24.6 Å². The van der Waals surface area contributed by atoms with Crippen LogP contribution in [-0.2, 0) is 33.1 Å². The Labute approximate surface area is 314 Å². The summed E-state index contributed by atoms with van der Waals surface area (Å²) >= 11 is 6.57. The summed E-state index contributed by atoms with van der Waals surface area (Å²) in [7, 11) is -2.33. The number of fused-ring (bicyclic) bond motifs is 3.